The Morgan fingerprint density at radius 3 is 2.70 bits per heavy atom. The van der Waals surface area contributed by atoms with Gasteiger partial charge in [0.2, 0.25) is 0 Å². The van der Waals surface area contributed by atoms with E-state index in [0.29, 0.717) is 5.92 Å². The van der Waals surface area contributed by atoms with E-state index in [2.05, 4.69) is 59.4 Å². The molecule has 1 aromatic carbocycles. The van der Waals surface area contributed by atoms with Gasteiger partial charge in [-0.2, -0.15) is 0 Å². The van der Waals surface area contributed by atoms with E-state index < -0.39 is 0 Å². The van der Waals surface area contributed by atoms with Gasteiger partial charge in [0.1, 0.15) is 0 Å². The van der Waals surface area contributed by atoms with E-state index >= 15 is 0 Å². The fourth-order valence-electron chi connectivity index (χ4n) is 3.38. The van der Waals surface area contributed by atoms with Crippen LogP contribution in [0.4, 0.5) is 5.69 Å². The summed E-state index contributed by atoms with van der Waals surface area (Å²) in [6, 6.07) is 10.7. The molecule has 1 saturated heterocycles. The Morgan fingerprint density at radius 2 is 2.00 bits per heavy atom. The zero-order valence-electron chi connectivity index (χ0n) is 16.8. The van der Waals surface area contributed by atoms with Crippen LogP contribution in [0.5, 0.6) is 0 Å². The van der Waals surface area contributed by atoms with Gasteiger partial charge in [0.25, 0.3) is 0 Å². The van der Waals surface area contributed by atoms with Crippen LogP contribution < -0.4 is 10.2 Å². The molecule has 1 atom stereocenters. The van der Waals surface area contributed by atoms with Gasteiger partial charge in [-0.1, -0.05) is 18.2 Å². The summed E-state index contributed by atoms with van der Waals surface area (Å²) in [6.45, 7) is 8.74. The second-order valence-corrected chi connectivity index (χ2v) is 7.57. The molecule has 2 fully saturated rings. The number of nitrogens with one attached hydrogen (secondary N) is 1. The molecular weight excluding hydrogens is 451 g/mol. The Hall–Kier alpha value is -1.02. The highest BCUT2D eigenvalue weighted by Crippen LogP contribution is 2.28. The number of anilines is 1. The van der Waals surface area contributed by atoms with Gasteiger partial charge in [-0.25, -0.2) is 0 Å². The van der Waals surface area contributed by atoms with Crippen molar-refractivity contribution >= 4 is 35.6 Å². The van der Waals surface area contributed by atoms with Crippen molar-refractivity contribution in [2.45, 2.75) is 26.2 Å². The molecular formula is C21H35IN4O. The van der Waals surface area contributed by atoms with E-state index in [1.807, 2.05) is 0 Å². The molecule has 0 spiro atoms. The van der Waals surface area contributed by atoms with Crippen LogP contribution in [0.1, 0.15) is 26.2 Å². The molecule has 27 heavy (non-hydrogen) atoms. The monoisotopic (exact) mass is 486 g/mol. The zero-order valence-corrected chi connectivity index (χ0v) is 19.1. The number of rotatable bonds is 9. The molecule has 1 aromatic rings. The van der Waals surface area contributed by atoms with E-state index in [1.54, 1.807) is 0 Å². The Labute approximate surface area is 181 Å². The first kappa shape index (κ1) is 22.3. The average molecular weight is 486 g/mol. The summed E-state index contributed by atoms with van der Waals surface area (Å²) in [7, 11) is 2.10. The van der Waals surface area contributed by atoms with Gasteiger partial charge in [-0.05, 0) is 50.2 Å². The Kier molecular flexibility index (Phi) is 9.68. The predicted molar refractivity (Wildman–Crippen MR) is 124 cm³/mol. The molecule has 1 heterocycles. The van der Waals surface area contributed by atoms with Crippen molar-refractivity contribution in [2.75, 3.05) is 57.9 Å². The second kappa shape index (κ2) is 11.7. The van der Waals surface area contributed by atoms with Gasteiger partial charge in [0, 0.05) is 52.1 Å². The smallest absolute Gasteiger partial charge is 0.193 e. The molecule has 5 nitrogen and oxygen atoms in total. The van der Waals surface area contributed by atoms with Crippen LogP contribution >= 0.6 is 24.0 Å². The van der Waals surface area contributed by atoms with E-state index in [9.17, 15) is 0 Å². The molecule has 152 valence electrons. The standard InChI is InChI=1S/C21H34N4O.HI/c1-3-22-21(24(2)13-14-26-17-18-9-10-18)23-15-19-11-12-25(16-19)20-7-5-4-6-8-20;/h4-8,18-19H,3,9-17H2,1-2H3,(H,22,23);1H. The van der Waals surface area contributed by atoms with Crippen molar-refractivity contribution in [1.29, 1.82) is 0 Å². The van der Waals surface area contributed by atoms with Gasteiger partial charge in [-0.15, -0.1) is 24.0 Å². The minimum Gasteiger partial charge on any atom is -0.379 e. The molecule has 2 aliphatic rings. The first-order valence-electron chi connectivity index (χ1n) is 10.1. The Morgan fingerprint density at radius 1 is 1.22 bits per heavy atom. The highest BCUT2D eigenvalue weighted by molar-refractivity contribution is 14.0. The van der Waals surface area contributed by atoms with Gasteiger partial charge < -0.3 is 19.9 Å². The molecule has 1 aliphatic carbocycles. The maximum Gasteiger partial charge on any atom is 0.193 e. The normalized spacial score (nSPS) is 19.7. The summed E-state index contributed by atoms with van der Waals surface area (Å²) >= 11 is 0. The van der Waals surface area contributed by atoms with Gasteiger partial charge in [-0.3, -0.25) is 4.99 Å². The van der Waals surface area contributed by atoms with Crippen LogP contribution in [0, 0.1) is 11.8 Å². The molecule has 3 rings (SSSR count). The van der Waals surface area contributed by atoms with E-state index in [0.717, 1.165) is 57.8 Å². The summed E-state index contributed by atoms with van der Waals surface area (Å²) in [6.07, 6.45) is 3.91. The molecule has 6 heteroatoms. The highest BCUT2D eigenvalue weighted by atomic mass is 127. The Balaban J connectivity index is 0.00000261. The average Bonchev–Trinajstić information content (AvgIpc) is 3.38. The Bertz CT molecular complexity index is 565. The van der Waals surface area contributed by atoms with E-state index in [1.165, 1.54) is 24.9 Å². The summed E-state index contributed by atoms with van der Waals surface area (Å²) in [5, 5.41) is 3.42. The lowest BCUT2D eigenvalue weighted by molar-refractivity contribution is 0.115. The largest absolute Gasteiger partial charge is 0.379 e. The first-order valence-corrected chi connectivity index (χ1v) is 10.1. The molecule has 0 amide bonds. The number of hydrogen-bond acceptors (Lipinski definition) is 3. The quantitative estimate of drug-likeness (QED) is 0.251. The SMILES string of the molecule is CCNC(=NCC1CCN(c2ccccc2)C1)N(C)CCOCC1CC1.I. The number of hydrogen-bond donors (Lipinski definition) is 1. The predicted octanol–water partition coefficient (Wildman–Crippen LogP) is 3.45. The summed E-state index contributed by atoms with van der Waals surface area (Å²) in [5.41, 5.74) is 1.33. The third-order valence-electron chi connectivity index (χ3n) is 5.22. The maximum atomic E-state index is 5.77. The molecule has 0 radical (unpaired) electrons. The van der Waals surface area contributed by atoms with Crippen molar-refractivity contribution in [3.05, 3.63) is 30.3 Å². The summed E-state index contributed by atoms with van der Waals surface area (Å²) in [4.78, 5) is 9.57. The zero-order chi connectivity index (χ0) is 18.2. The molecule has 1 aliphatic heterocycles. The molecule has 1 saturated carbocycles. The number of benzene rings is 1. The third-order valence-corrected chi connectivity index (χ3v) is 5.22. The lowest BCUT2D eigenvalue weighted by Crippen LogP contribution is -2.41. The van der Waals surface area contributed by atoms with Crippen LogP contribution in [0.3, 0.4) is 0 Å². The van der Waals surface area contributed by atoms with Crippen molar-refractivity contribution < 1.29 is 4.74 Å². The van der Waals surface area contributed by atoms with Gasteiger partial charge in [0.05, 0.1) is 6.61 Å². The van der Waals surface area contributed by atoms with Crippen molar-refractivity contribution in [2.24, 2.45) is 16.8 Å². The summed E-state index contributed by atoms with van der Waals surface area (Å²) in [5.74, 6) is 2.46. The number of para-hydroxylation sites is 1. The van der Waals surface area contributed by atoms with Crippen LogP contribution in [0.2, 0.25) is 0 Å². The van der Waals surface area contributed by atoms with Crippen molar-refractivity contribution in [3.8, 4) is 0 Å². The summed E-state index contributed by atoms with van der Waals surface area (Å²) < 4.78 is 5.77. The number of aliphatic imine (C=N–C) groups is 1. The number of guanidine groups is 1. The van der Waals surface area contributed by atoms with Crippen LogP contribution in [-0.4, -0.2) is 63.8 Å². The number of nitrogens with zero attached hydrogens (tertiary/aromatic N) is 3. The maximum absolute atomic E-state index is 5.77. The van der Waals surface area contributed by atoms with Gasteiger partial charge in [0.15, 0.2) is 5.96 Å². The first-order chi connectivity index (χ1) is 12.8. The number of halogens is 1. The topological polar surface area (TPSA) is 40.1 Å². The minimum atomic E-state index is 0. The van der Waals surface area contributed by atoms with E-state index in [-0.39, 0.29) is 24.0 Å². The molecule has 0 bridgehead atoms. The van der Waals surface area contributed by atoms with Crippen molar-refractivity contribution in [3.63, 3.8) is 0 Å². The molecule has 1 N–H and O–H groups in total. The van der Waals surface area contributed by atoms with Crippen LogP contribution in [0.15, 0.2) is 35.3 Å². The highest BCUT2D eigenvalue weighted by Gasteiger charge is 2.23. The van der Waals surface area contributed by atoms with E-state index in [4.69, 9.17) is 9.73 Å². The van der Waals surface area contributed by atoms with Crippen LogP contribution in [-0.2, 0) is 4.74 Å². The van der Waals surface area contributed by atoms with Crippen LogP contribution in [0.25, 0.3) is 0 Å². The fraction of sp³-hybridized carbons (Fsp3) is 0.667. The number of likely N-dealkylation sites (N-methyl/N-ethyl adjacent to an activating group) is 1. The molecule has 1 unspecified atom stereocenters. The molecule has 0 aromatic heterocycles. The lowest BCUT2D eigenvalue weighted by Gasteiger charge is -2.22. The number of ether oxygens (including phenoxy) is 1. The minimum absolute atomic E-state index is 0. The second-order valence-electron chi connectivity index (χ2n) is 7.57. The fourth-order valence-corrected chi connectivity index (χ4v) is 3.38. The van der Waals surface area contributed by atoms with Gasteiger partial charge >= 0.3 is 0 Å². The lowest BCUT2D eigenvalue weighted by atomic mass is 10.1. The van der Waals surface area contributed by atoms with Crippen molar-refractivity contribution in [1.82, 2.24) is 10.2 Å². The third kappa shape index (κ3) is 7.49.